The second kappa shape index (κ2) is 9.78. The number of carbonyl (C=O) groups is 1. The highest BCUT2D eigenvalue weighted by Crippen LogP contribution is 2.27. The molecule has 1 aromatic carbocycles. The predicted octanol–water partition coefficient (Wildman–Crippen LogP) is 3.54. The Morgan fingerprint density at radius 2 is 2.19 bits per heavy atom. The molecule has 2 heterocycles. The summed E-state index contributed by atoms with van der Waals surface area (Å²) in [5.74, 6) is 1.64. The molecule has 0 aliphatic carbocycles. The Kier molecular flexibility index (Phi) is 7.41. The molecule has 9 heteroatoms. The number of hydrogen-bond acceptors (Lipinski definition) is 5. The number of aromatic nitrogens is 3. The summed E-state index contributed by atoms with van der Waals surface area (Å²) in [6.07, 6.45) is 1.90. The zero-order chi connectivity index (χ0) is 19.2. The maximum atomic E-state index is 12.5. The summed E-state index contributed by atoms with van der Waals surface area (Å²) in [5, 5.41) is 12.0. The molecular formula is C18H23Cl2N5OS. The molecule has 1 unspecified atom stereocenters. The number of aromatic amines is 1. The number of benzene rings is 1. The summed E-state index contributed by atoms with van der Waals surface area (Å²) in [6.45, 7) is 4.81. The number of hydrogen-bond donors (Lipinski definition) is 2. The van der Waals surface area contributed by atoms with Crippen molar-refractivity contribution in [3.8, 4) is 0 Å². The van der Waals surface area contributed by atoms with Crippen LogP contribution in [0.5, 0.6) is 0 Å². The highest BCUT2D eigenvalue weighted by atomic mass is 35.5. The number of piperidine rings is 1. The Hall–Kier alpha value is -1.28. The molecule has 0 spiro atoms. The van der Waals surface area contributed by atoms with E-state index in [4.69, 9.17) is 23.2 Å². The molecule has 0 radical (unpaired) electrons. The van der Waals surface area contributed by atoms with Crippen LogP contribution in [0.3, 0.4) is 0 Å². The summed E-state index contributed by atoms with van der Waals surface area (Å²) in [5.41, 5.74) is 0.931. The van der Waals surface area contributed by atoms with Crippen molar-refractivity contribution in [2.45, 2.75) is 31.5 Å². The first-order chi connectivity index (χ1) is 13.0. The summed E-state index contributed by atoms with van der Waals surface area (Å²) >= 11 is 14.1. The topological polar surface area (TPSA) is 73.9 Å². The second-order valence-electron chi connectivity index (χ2n) is 6.62. The van der Waals surface area contributed by atoms with E-state index in [0.29, 0.717) is 28.3 Å². The number of carbonyl (C=O) groups excluding carboxylic acids is 1. The van der Waals surface area contributed by atoms with Crippen LogP contribution in [-0.4, -0.2) is 51.4 Å². The number of nitrogens with zero attached hydrogens (tertiary/aromatic N) is 3. The fourth-order valence-electron chi connectivity index (χ4n) is 3.17. The molecule has 1 aliphatic rings. The van der Waals surface area contributed by atoms with Gasteiger partial charge in [0, 0.05) is 41.0 Å². The van der Waals surface area contributed by atoms with Gasteiger partial charge < -0.3 is 5.32 Å². The molecule has 1 aromatic heterocycles. The molecule has 1 saturated heterocycles. The average Bonchev–Trinajstić information content (AvgIpc) is 3.07. The lowest BCUT2D eigenvalue weighted by Crippen LogP contribution is -2.43. The lowest BCUT2D eigenvalue weighted by Gasteiger charge is -2.32. The third-order valence-electron chi connectivity index (χ3n) is 4.53. The van der Waals surface area contributed by atoms with Gasteiger partial charge in [-0.25, -0.2) is 4.98 Å². The number of amides is 1. The van der Waals surface area contributed by atoms with E-state index < -0.39 is 0 Å². The van der Waals surface area contributed by atoms with Crippen LogP contribution in [0, 0.1) is 12.8 Å². The molecule has 0 saturated carbocycles. The molecule has 1 aliphatic heterocycles. The fourth-order valence-corrected chi connectivity index (χ4v) is 4.38. The smallest absolute Gasteiger partial charge is 0.224 e. The van der Waals surface area contributed by atoms with Crippen LogP contribution >= 0.6 is 35.0 Å². The molecule has 0 bridgehead atoms. The third kappa shape index (κ3) is 5.85. The lowest BCUT2D eigenvalue weighted by atomic mass is 9.96. The number of rotatable bonds is 7. The number of nitrogens with one attached hydrogen (secondary N) is 2. The summed E-state index contributed by atoms with van der Waals surface area (Å²) < 4.78 is 0. The van der Waals surface area contributed by atoms with Gasteiger partial charge in [0.1, 0.15) is 5.82 Å². The Bertz CT molecular complexity index is 765. The summed E-state index contributed by atoms with van der Waals surface area (Å²) in [7, 11) is 0. The monoisotopic (exact) mass is 427 g/mol. The Balaban J connectivity index is 1.45. The molecule has 2 N–H and O–H groups in total. The quantitative estimate of drug-likeness (QED) is 0.521. The van der Waals surface area contributed by atoms with E-state index in [1.54, 1.807) is 0 Å². The van der Waals surface area contributed by atoms with E-state index in [-0.39, 0.29) is 11.8 Å². The van der Waals surface area contributed by atoms with Crippen molar-refractivity contribution in [3.63, 3.8) is 0 Å². The van der Waals surface area contributed by atoms with Gasteiger partial charge in [0.15, 0.2) is 0 Å². The van der Waals surface area contributed by atoms with E-state index in [1.807, 2.05) is 25.1 Å². The standard InChI is InChI=1S/C18H23Cl2N5OS/c1-12-22-18(24-23-12)27-9-7-21-17(26)13-4-3-8-25(10-13)11-14-15(19)5-2-6-16(14)20/h2,5-6,13H,3-4,7-11H2,1H3,(H,21,26)(H,22,23,24). The fraction of sp³-hybridized carbons (Fsp3) is 0.500. The first-order valence-electron chi connectivity index (χ1n) is 8.97. The third-order valence-corrected chi connectivity index (χ3v) is 6.09. The Labute approximate surface area is 173 Å². The van der Waals surface area contributed by atoms with Gasteiger partial charge in [-0.15, -0.1) is 5.10 Å². The number of H-pyrrole nitrogens is 1. The minimum absolute atomic E-state index is 0.00392. The lowest BCUT2D eigenvalue weighted by molar-refractivity contribution is -0.126. The first kappa shape index (κ1) is 20.5. The van der Waals surface area contributed by atoms with Crippen LogP contribution in [-0.2, 0) is 11.3 Å². The molecule has 1 fully saturated rings. The van der Waals surface area contributed by atoms with Gasteiger partial charge >= 0.3 is 0 Å². The number of aryl methyl sites for hydroxylation is 1. The molecule has 27 heavy (non-hydrogen) atoms. The van der Waals surface area contributed by atoms with Crippen molar-refractivity contribution in [2.24, 2.45) is 5.92 Å². The van der Waals surface area contributed by atoms with Crippen LogP contribution in [0.15, 0.2) is 23.4 Å². The largest absolute Gasteiger partial charge is 0.355 e. The minimum atomic E-state index is -0.00392. The van der Waals surface area contributed by atoms with Gasteiger partial charge in [-0.3, -0.25) is 14.8 Å². The highest BCUT2D eigenvalue weighted by molar-refractivity contribution is 7.99. The van der Waals surface area contributed by atoms with Gasteiger partial charge in [-0.2, -0.15) is 0 Å². The molecular weight excluding hydrogens is 405 g/mol. The molecule has 146 valence electrons. The van der Waals surface area contributed by atoms with E-state index in [9.17, 15) is 4.79 Å². The molecule has 1 amide bonds. The summed E-state index contributed by atoms with van der Waals surface area (Å²) in [6, 6.07) is 5.55. The van der Waals surface area contributed by atoms with Crippen molar-refractivity contribution in [1.29, 1.82) is 0 Å². The molecule has 3 rings (SSSR count). The molecule has 6 nitrogen and oxygen atoms in total. The van der Waals surface area contributed by atoms with E-state index in [0.717, 1.165) is 43.1 Å². The van der Waals surface area contributed by atoms with Crippen LogP contribution in [0.2, 0.25) is 10.0 Å². The molecule has 2 aromatic rings. The van der Waals surface area contributed by atoms with E-state index >= 15 is 0 Å². The first-order valence-corrected chi connectivity index (χ1v) is 10.7. The van der Waals surface area contributed by atoms with Crippen molar-refractivity contribution in [2.75, 3.05) is 25.4 Å². The van der Waals surface area contributed by atoms with Crippen LogP contribution in [0.25, 0.3) is 0 Å². The van der Waals surface area contributed by atoms with Crippen molar-refractivity contribution < 1.29 is 4.79 Å². The zero-order valence-electron chi connectivity index (χ0n) is 15.2. The van der Waals surface area contributed by atoms with Crippen LogP contribution < -0.4 is 5.32 Å². The summed E-state index contributed by atoms with van der Waals surface area (Å²) in [4.78, 5) is 19.0. The van der Waals surface area contributed by atoms with Gasteiger partial charge in [-0.05, 0) is 38.4 Å². The van der Waals surface area contributed by atoms with Crippen molar-refractivity contribution in [1.82, 2.24) is 25.4 Å². The zero-order valence-corrected chi connectivity index (χ0v) is 17.5. The van der Waals surface area contributed by atoms with Crippen LogP contribution in [0.1, 0.15) is 24.2 Å². The van der Waals surface area contributed by atoms with E-state index in [2.05, 4.69) is 25.4 Å². The number of likely N-dealkylation sites (tertiary alicyclic amines) is 1. The van der Waals surface area contributed by atoms with Gasteiger partial charge in [-0.1, -0.05) is 41.0 Å². The highest BCUT2D eigenvalue weighted by Gasteiger charge is 2.26. The Morgan fingerprint density at radius 3 is 2.89 bits per heavy atom. The van der Waals surface area contributed by atoms with Crippen molar-refractivity contribution in [3.05, 3.63) is 39.6 Å². The predicted molar refractivity (Wildman–Crippen MR) is 109 cm³/mol. The normalized spacial score (nSPS) is 17.8. The maximum Gasteiger partial charge on any atom is 0.224 e. The molecule has 1 atom stereocenters. The Morgan fingerprint density at radius 1 is 1.41 bits per heavy atom. The van der Waals surface area contributed by atoms with E-state index in [1.165, 1.54) is 11.8 Å². The van der Waals surface area contributed by atoms with Gasteiger partial charge in [0.25, 0.3) is 0 Å². The van der Waals surface area contributed by atoms with Crippen molar-refractivity contribution >= 4 is 40.9 Å². The number of halogens is 2. The maximum absolute atomic E-state index is 12.5. The minimum Gasteiger partial charge on any atom is -0.355 e. The second-order valence-corrected chi connectivity index (χ2v) is 8.49. The van der Waals surface area contributed by atoms with Crippen LogP contribution in [0.4, 0.5) is 0 Å². The van der Waals surface area contributed by atoms with Gasteiger partial charge in [0.05, 0.1) is 5.92 Å². The SMILES string of the molecule is Cc1nc(SCCNC(=O)C2CCCN(Cc3c(Cl)cccc3Cl)C2)n[nH]1. The number of thioether (sulfide) groups is 1. The van der Waals surface area contributed by atoms with Gasteiger partial charge in [0.2, 0.25) is 11.1 Å². The average molecular weight is 428 g/mol.